The molecule has 2 N–H and O–H groups in total. The average molecular weight is 581 g/mol. The summed E-state index contributed by atoms with van der Waals surface area (Å²) in [7, 11) is -2.11. The highest BCUT2D eigenvalue weighted by Gasteiger charge is 2.39. The van der Waals surface area contributed by atoms with Crippen molar-refractivity contribution in [1.82, 2.24) is 14.3 Å². The van der Waals surface area contributed by atoms with Gasteiger partial charge < -0.3 is 15.0 Å². The van der Waals surface area contributed by atoms with Gasteiger partial charge in [0.25, 0.3) is 16.1 Å². The van der Waals surface area contributed by atoms with Crippen LogP contribution in [0.15, 0.2) is 78.9 Å². The van der Waals surface area contributed by atoms with Crippen molar-refractivity contribution < 1.29 is 22.3 Å². The van der Waals surface area contributed by atoms with E-state index in [-0.39, 0.29) is 23.2 Å². The minimum Gasteiger partial charge on any atom is -0.496 e. The summed E-state index contributed by atoms with van der Waals surface area (Å²) in [6, 6.07) is 23.4. The van der Waals surface area contributed by atoms with Crippen LogP contribution in [0, 0.1) is 5.82 Å². The molecule has 0 bridgehead atoms. The lowest BCUT2D eigenvalue weighted by Gasteiger charge is -2.42. The third kappa shape index (κ3) is 6.72. The molecule has 5 rings (SSSR count). The van der Waals surface area contributed by atoms with Gasteiger partial charge in [-0.3, -0.25) is 4.79 Å². The smallest absolute Gasteiger partial charge is 0.279 e. The number of halogens is 1. The first kappa shape index (κ1) is 29.0. The quantitative estimate of drug-likeness (QED) is 0.398. The average Bonchev–Trinajstić information content (AvgIpc) is 3.01. The van der Waals surface area contributed by atoms with Gasteiger partial charge in [-0.1, -0.05) is 42.5 Å². The van der Waals surface area contributed by atoms with Crippen LogP contribution < -0.4 is 19.7 Å². The van der Waals surface area contributed by atoms with Gasteiger partial charge in [-0.15, -0.1) is 0 Å². The summed E-state index contributed by atoms with van der Waals surface area (Å²) >= 11 is 0. The largest absolute Gasteiger partial charge is 0.496 e. The van der Waals surface area contributed by atoms with Crippen molar-refractivity contribution in [1.29, 1.82) is 0 Å². The number of amides is 1. The summed E-state index contributed by atoms with van der Waals surface area (Å²) in [5.41, 5.74) is 2.21. The normalized spacial score (nSPS) is 21.8. The van der Waals surface area contributed by atoms with E-state index in [0.717, 1.165) is 24.1 Å². The lowest BCUT2D eigenvalue weighted by molar-refractivity contribution is 0.0932. The Morgan fingerprint density at radius 3 is 2.22 bits per heavy atom. The van der Waals surface area contributed by atoms with Gasteiger partial charge in [0, 0.05) is 49.9 Å². The second-order valence-electron chi connectivity index (χ2n) is 10.8. The molecule has 0 radical (unpaired) electrons. The van der Waals surface area contributed by atoms with Crippen molar-refractivity contribution in [2.75, 3.05) is 44.7 Å². The van der Waals surface area contributed by atoms with Crippen LogP contribution in [-0.4, -0.2) is 64.5 Å². The molecule has 0 spiro atoms. The highest BCUT2D eigenvalue weighted by Crippen LogP contribution is 2.39. The Morgan fingerprint density at radius 1 is 0.927 bits per heavy atom. The lowest BCUT2D eigenvalue weighted by atomic mass is 9.68. The minimum absolute atomic E-state index is 0.183. The molecule has 2 aliphatic rings. The number of hydrogen-bond acceptors (Lipinski definition) is 5. The van der Waals surface area contributed by atoms with E-state index in [1.165, 1.54) is 16.4 Å². The summed E-state index contributed by atoms with van der Waals surface area (Å²) < 4.78 is 49.7. The highest BCUT2D eigenvalue weighted by molar-refractivity contribution is 7.87. The summed E-state index contributed by atoms with van der Waals surface area (Å²) in [5.74, 6) is 0.0393. The summed E-state index contributed by atoms with van der Waals surface area (Å²) in [4.78, 5) is 15.2. The van der Waals surface area contributed by atoms with Crippen molar-refractivity contribution in [2.45, 2.75) is 37.1 Å². The number of carbonyl (C=O) groups excluding carboxylic acids is 1. The molecule has 0 unspecified atom stereocenters. The monoisotopic (exact) mass is 580 g/mol. The zero-order valence-electron chi connectivity index (χ0n) is 23.3. The zero-order valence-corrected chi connectivity index (χ0v) is 24.1. The topological polar surface area (TPSA) is 91.0 Å². The predicted molar refractivity (Wildman–Crippen MR) is 158 cm³/mol. The molecule has 3 aromatic carbocycles. The van der Waals surface area contributed by atoms with E-state index in [2.05, 4.69) is 27.1 Å². The van der Waals surface area contributed by atoms with E-state index in [1.54, 1.807) is 31.4 Å². The number of benzene rings is 3. The molecule has 1 saturated carbocycles. The fourth-order valence-corrected chi connectivity index (χ4v) is 7.40. The number of anilines is 1. The Morgan fingerprint density at radius 2 is 1.56 bits per heavy atom. The number of nitrogens with one attached hydrogen (secondary N) is 2. The summed E-state index contributed by atoms with van der Waals surface area (Å²) in [6.07, 6.45) is 2.78. The van der Waals surface area contributed by atoms with Crippen LogP contribution in [0.3, 0.4) is 0 Å². The van der Waals surface area contributed by atoms with Crippen LogP contribution in [0.4, 0.5) is 10.1 Å². The fourth-order valence-electron chi connectivity index (χ4n) is 5.95. The van der Waals surface area contributed by atoms with Crippen LogP contribution in [-0.2, 0) is 15.6 Å². The van der Waals surface area contributed by atoms with Crippen molar-refractivity contribution in [3.05, 3.63) is 95.8 Å². The van der Waals surface area contributed by atoms with Gasteiger partial charge in [0.15, 0.2) is 0 Å². The number of nitrogens with zero attached hydrogens (tertiary/aromatic N) is 2. The molecule has 2 fully saturated rings. The SMILES string of the molecule is COc1ccccc1C(=O)NC[C@]1(c2ccccc2)CC[C@H](NS(=O)(=O)N2CCN(c3ccc(F)cc3)CC2)CC1. The molecule has 0 aromatic heterocycles. The molecule has 1 aliphatic carbocycles. The molecule has 1 aliphatic heterocycles. The molecule has 41 heavy (non-hydrogen) atoms. The molecule has 218 valence electrons. The Hall–Kier alpha value is -3.47. The lowest BCUT2D eigenvalue weighted by Crippen LogP contribution is -2.55. The first-order valence-electron chi connectivity index (χ1n) is 14.0. The van der Waals surface area contributed by atoms with Crippen LogP contribution >= 0.6 is 0 Å². The Labute approximate surface area is 241 Å². The maximum atomic E-state index is 13.3. The van der Waals surface area contributed by atoms with E-state index in [1.807, 2.05) is 30.3 Å². The number of piperazine rings is 1. The van der Waals surface area contributed by atoms with Crippen LogP contribution in [0.2, 0.25) is 0 Å². The maximum Gasteiger partial charge on any atom is 0.279 e. The van der Waals surface area contributed by atoms with Gasteiger partial charge in [0.1, 0.15) is 11.6 Å². The molecule has 1 heterocycles. The molecular formula is C31H37FN4O4S. The van der Waals surface area contributed by atoms with Gasteiger partial charge >= 0.3 is 0 Å². The Balaban J connectivity index is 1.20. The summed E-state index contributed by atoms with van der Waals surface area (Å²) in [6.45, 7) is 2.25. The predicted octanol–water partition coefficient (Wildman–Crippen LogP) is 4.10. The first-order valence-corrected chi connectivity index (χ1v) is 15.5. The van der Waals surface area contributed by atoms with Gasteiger partial charge in [-0.25, -0.2) is 4.39 Å². The number of hydrogen-bond donors (Lipinski definition) is 2. The molecule has 3 aromatic rings. The third-order valence-electron chi connectivity index (χ3n) is 8.35. The van der Waals surface area contributed by atoms with Gasteiger partial charge in [-0.05, 0) is 67.6 Å². The van der Waals surface area contributed by atoms with E-state index < -0.39 is 10.2 Å². The Kier molecular flexibility index (Phi) is 8.91. The van der Waals surface area contributed by atoms with E-state index in [9.17, 15) is 17.6 Å². The van der Waals surface area contributed by atoms with Crippen molar-refractivity contribution in [3.8, 4) is 5.75 Å². The third-order valence-corrected chi connectivity index (χ3v) is 10.0. The molecule has 10 heteroatoms. The van der Waals surface area contributed by atoms with Gasteiger partial charge in [0.2, 0.25) is 0 Å². The number of carbonyl (C=O) groups is 1. The second-order valence-corrected chi connectivity index (χ2v) is 12.5. The fraction of sp³-hybridized carbons (Fsp3) is 0.387. The first-order chi connectivity index (χ1) is 19.8. The van der Waals surface area contributed by atoms with E-state index in [0.29, 0.717) is 56.9 Å². The molecule has 1 amide bonds. The van der Waals surface area contributed by atoms with E-state index >= 15 is 0 Å². The van der Waals surface area contributed by atoms with Crippen molar-refractivity contribution in [3.63, 3.8) is 0 Å². The maximum absolute atomic E-state index is 13.3. The van der Waals surface area contributed by atoms with Crippen molar-refractivity contribution >= 4 is 21.8 Å². The van der Waals surface area contributed by atoms with Gasteiger partial charge in [0.05, 0.1) is 12.7 Å². The number of methoxy groups -OCH3 is 1. The summed E-state index contributed by atoms with van der Waals surface area (Å²) in [5, 5.41) is 3.13. The highest BCUT2D eigenvalue weighted by atomic mass is 32.2. The number of para-hydroxylation sites is 1. The van der Waals surface area contributed by atoms with Crippen LogP contribution in [0.1, 0.15) is 41.6 Å². The van der Waals surface area contributed by atoms with Crippen LogP contribution in [0.5, 0.6) is 5.75 Å². The minimum atomic E-state index is -3.65. The Bertz CT molecular complexity index is 1420. The molecule has 8 nitrogen and oxygen atoms in total. The molecule has 0 atom stereocenters. The number of rotatable bonds is 9. The van der Waals surface area contributed by atoms with Crippen molar-refractivity contribution in [2.24, 2.45) is 0 Å². The standard InChI is InChI=1S/C31H37FN4O4S/c1-40-29-10-6-5-9-28(29)30(37)33-23-31(24-7-3-2-4-8-24)17-15-26(16-18-31)34-41(38,39)36-21-19-35(20-22-36)27-13-11-25(32)12-14-27/h2-14,26,34H,15-23H2,1H3,(H,33,37)/t26-,31-. The molecule has 1 saturated heterocycles. The van der Waals surface area contributed by atoms with Gasteiger partial charge in [-0.2, -0.15) is 17.4 Å². The number of ether oxygens (including phenoxy) is 1. The zero-order chi connectivity index (χ0) is 28.9. The second kappa shape index (κ2) is 12.6. The molecular weight excluding hydrogens is 543 g/mol. The van der Waals surface area contributed by atoms with E-state index in [4.69, 9.17) is 4.74 Å². The van der Waals surface area contributed by atoms with Crippen LogP contribution in [0.25, 0.3) is 0 Å².